The van der Waals surface area contributed by atoms with Gasteiger partial charge in [0.05, 0.1) is 28.8 Å². The number of rotatable bonds is 7. The zero-order valence-corrected chi connectivity index (χ0v) is 17.3. The molecule has 1 aliphatic heterocycles. The standard InChI is InChI=1S/C19H23N5O5S/c1-12-8-17(24(23-12)15-6-7-30(27,28)11-15)22-18(25)10-29-19(26)13-2-5-16(20-9-13)21-14-3-4-14/h2,5,8-9,14-15H,3-4,6-7,10-11H2,1H3,(H,20,21)(H,22,25). The average Bonchev–Trinajstić information content (AvgIpc) is 3.33. The molecule has 0 radical (unpaired) electrons. The summed E-state index contributed by atoms with van der Waals surface area (Å²) in [5.74, 6) is -0.0143. The fraction of sp³-hybridized carbons (Fsp3) is 0.474. The van der Waals surface area contributed by atoms with Crippen LogP contribution in [0.2, 0.25) is 0 Å². The second-order valence-corrected chi connectivity index (χ2v) is 9.88. The van der Waals surface area contributed by atoms with Gasteiger partial charge in [-0.1, -0.05) is 0 Å². The minimum Gasteiger partial charge on any atom is -0.452 e. The molecule has 10 nitrogen and oxygen atoms in total. The molecule has 4 rings (SSSR count). The number of nitrogens with one attached hydrogen (secondary N) is 2. The van der Waals surface area contributed by atoms with Crippen molar-refractivity contribution in [1.29, 1.82) is 0 Å². The van der Waals surface area contributed by atoms with E-state index in [4.69, 9.17) is 4.74 Å². The second-order valence-electron chi connectivity index (χ2n) is 7.65. The van der Waals surface area contributed by atoms with Gasteiger partial charge in [0.25, 0.3) is 5.91 Å². The van der Waals surface area contributed by atoms with Crippen molar-refractivity contribution >= 4 is 33.3 Å². The van der Waals surface area contributed by atoms with E-state index in [0.717, 1.165) is 12.8 Å². The van der Waals surface area contributed by atoms with Crippen LogP contribution < -0.4 is 10.6 Å². The molecule has 0 bridgehead atoms. The van der Waals surface area contributed by atoms with Crippen LogP contribution in [0, 0.1) is 6.92 Å². The first kappa shape index (κ1) is 20.3. The summed E-state index contributed by atoms with van der Waals surface area (Å²) in [6.45, 7) is 1.28. The van der Waals surface area contributed by atoms with Crippen molar-refractivity contribution in [1.82, 2.24) is 14.8 Å². The number of aromatic nitrogens is 3. The number of pyridine rings is 1. The van der Waals surface area contributed by atoms with E-state index in [1.807, 2.05) is 0 Å². The van der Waals surface area contributed by atoms with Crippen LogP contribution in [-0.4, -0.2) is 59.2 Å². The third-order valence-electron chi connectivity index (χ3n) is 4.94. The highest BCUT2D eigenvalue weighted by Crippen LogP contribution is 2.27. The van der Waals surface area contributed by atoms with Gasteiger partial charge in [-0.05, 0) is 38.3 Å². The van der Waals surface area contributed by atoms with Crippen LogP contribution in [0.4, 0.5) is 11.6 Å². The molecule has 1 saturated carbocycles. The second kappa shape index (κ2) is 8.05. The first-order valence-electron chi connectivity index (χ1n) is 9.75. The topological polar surface area (TPSA) is 132 Å². The third-order valence-corrected chi connectivity index (χ3v) is 6.69. The van der Waals surface area contributed by atoms with Crippen LogP contribution in [0.25, 0.3) is 0 Å². The third kappa shape index (κ3) is 4.96. The Morgan fingerprint density at radius 1 is 1.27 bits per heavy atom. The zero-order chi connectivity index (χ0) is 21.3. The maximum Gasteiger partial charge on any atom is 0.340 e. The quantitative estimate of drug-likeness (QED) is 0.625. The van der Waals surface area contributed by atoms with Crippen molar-refractivity contribution in [2.24, 2.45) is 0 Å². The summed E-state index contributed by atoms with van der Waals surface area (Å²) in [5.41, 5.74) is 0.902. The molecule has 1 atom stereocenters. The van der Waals surface area contributed by atoms with Gasteiger partial charge in [-0.15, -0.1) is 0 Å². The lowest BCUT2D eigenvalue weighted by Crippen LogP contribution is -2.24. The van der Waals surface area contributed by atoms with Gasteiger partial charge in [0, 0.05) is 18.3 Å². The maximum absolute atomic E-state index is 12.3. The molecule has 1 amide bonds. The molecule has 3 heterocycles. The lowest BCUT2D eigenvalue weighted by molar-refractivity contribution is -0.119. The van der Waals surface area contributed by atoms with Crippen LogP contribution in [0.15, 0.2) is 24.4 Å². The van der Waals surface area contributed by atoms with Crippen molar-refractivity contribution in [2.45, 2.75) is 38.3 Å². The van der Waals surface area contributed by atoms with Crippen molar-refractivity contribution in [3.8, 4) is 0 Å². The molecule has 2 N–H and O–H groups in total. The highest BCUT2D eigenvalue weighted by atomic mass is 32.2. The average molecular weight is 433 g/mol. The highest BCUT2D eigenvalue weighted by Gasteiger charge is 2.31. The number of aryl methyl sites for hydroxylation is 1. The zero-order valence-electron chi connectivity index (χ0n) is 16.5. The Kier molecular flexibility index (Phi) is 5.46. The van der Waals surface area contributed by atoms with Crippen LogP contribution in [0.5, 0.6) is 0 Å². The van der Waals surface area contributed by atoms with E-state index in [1.54, 1.807) is 25.1 Å². The van der Waals surface area contributed by atoms with Gasteiger partial charge in [-0.2, -0.15) is 5.10 Å². The molecular formula is C19H23N5O5S. The highest BCUT2D eigenvalue weighted by molar-refractivity contribution is 7.91. The number of esters is 1. The summed E-state index contributed by atoms with van der Waals surface area (Å²) in [7, 11) is -3.09. The largest absolute Gasteiger partial charge is 0.452 e. The van der Waals surface area contributed by atoms with E-state index in [-0.39, 0.29) is 23.1 Å². The number of ether oxygens (including phenoxy) is 1. The van der Waals surface area contributed by atoms with Crippen LogP contribution in [0.3, 0.4) is 0 Å². The van der Waals surface area contributed by atoms with Crippen molar-refractivity contribution in [2.75, 3.05) is 28.7 Å². The Morgan fingerprint density at radius 3 is 2.70 bits per heavy atom. The van der Waals surface area contributed by atoms with Crippen molar-refractivity contribution < 1.29 is 22.7 Å². The first-order valence-corrected chi connectivity index (χ1v) is 11.6. The fourth-order valence-corrected chi connectivity index (χ4v) is 4.98. The first-order chi connectivity index (χ1) is 14.3. The van der Waals surface area contributed by atoms with E-state index in [1.165, 1.54) is 10.9 Å². The summed E-state index contributed by atoms with van der Waals surface area (Å²) in [6, 6.07) is 5.08. The predicted molar refractivity (Wildman–Crippen MR) is 109 cm³/mol. The lowest BCUT2D eigenvalue weighted by Gasteiger charge is -2.14. The molecule has 2 aliphatic rings. The molecule has 2 aromatic heterocycles. The molecule has 1 unspecified atom stereocenters. The Labute approximate surface area is 173 Å². The molecule has 0 aromatic carbocycles. The normalized spacial score (nSPS) is 20.0. The Balaban J connectivity index is 1.32. The van der Waals surface area contributed by atoms with Crippen LogP contribution in [-0.2, 0) is 19.4 Å². The summed E-state index contributed by atoms with van der Waals surface area (Å²) >= 11 is 0. The van der Waals surface area contributed by atoms with Gasteiger partial charge in [0.15, 0.2) is 16.4 Å². The molecule has 2 aromatic rings. The van der Waals surface area contributed by atoms with Crippen LogP contribution >= 0.6 is 0 Å². The molecule has 160 valence electrons. The van der Waals surface area contributed by atoms with Gasteiger partial charge in [-0.25, -0.2) is 22.9 Å². The van der Waals surface area contributed by atoms with Gasteiger partial charge in [0.1, 0.15) is 11.6 Å². The number of sulfone groups is 1. The summed E-state index contributed by atoms with van der Waals surface area (Å²) < 4.78 is 30.1. The Bertz CT molecular complexity index is 1060. The van der Waals surface area contributed by atoms with Gasteiger partial charge < -0.3 is 15.4 Å². The molecule has 1 saturated heterocycles. The Morgan fingerprint density at radius 2 is 2.07 bits per heavy atom. The number of hydrogen-bond donors (Lipinski definition) is 2. The minimum atomic E-state index is -3.09. The molecule has 0 spiro atoms. The van der Waals surface area contributed by atoms with E-state index < -0.39 is 28.3 Å². The van der Waals surface area contributed by atoms with Gasteiger partial charge in [0.2, 0.25) is 0 Å². The van der Waals surface area contributed by atoms with Crippen molar-refractivity contribution in [3.63, 3.8) is 0 Å². The number of anilines is 2. The maximum atomic E-state index is 12.3. The van der Waals surface area contributed by atoms with E-state index in [2.05, 4.69) is 20.7 Å². The summed E-state index contributed by atoms with van der Waals surface area (Å²) in [4.78, 5) is 28.6. The molecule has 11 heteroatoms. The number of hydrogen-bond acceptors (Lipinski definition) is 8. The summed E-state index contributed by atoms with van der Waals surface area (Å²) in [5, 5.41) is 10.2. The smallest absolute Gasteiger partial charge is 0.340 e. The van der Waals surface area contributed by atoms with Crippen molar-refractivity contribution in [3.05, 3.63) is 35.7 Å². The molecule has 30 heavy (non-hydrogen) atoms. The monoisotopic (exact) mass is 433 g/mol. The summed E-state index contributed by atoms with van der Waals surface area (Å²) in [6.07, 6.45) is 4.09. The van der Waals surface area contributed by atoms with Gasteiger partial charge >= 0.3 is 5.97 Å². The number of carbonyl (C=O) groups excluding carboxylic acids is 2. The van der Waals surface area contributed by atoms with E-state index in [0.29, 0.717) is 29.8 Å². The minimum absolute atomic E-state index is 0.00935. The number of amides is 1. The molecule has 1 aliphatic carbocycles. The van der Waals surface area contributed by atoms with E-state index in [9.17, 15) is 18.0 Å². The van der Waals surface area contributed by atoms with Crippen LogP contribution in [0.1, 0.15) is 41.4 Å². The number of nitrogens with zero attached hydrogens (tertiary/aromatic N) is 3. The van der Waals surface area contributed by atoms with Gasteiger partial charge in [-0.3, -0.25) is 4.79 Å². The molecule has 2 fully saturated rings. The Hall–Kier alpha value is -2.95. The SMILES string of the molecule is Cc1cc(NC(=O)COC(=O)c2ccc(NC3CC3)nc2)n(C2CCS(=O)(=O)C2)n1. The molecular weight excluding hydrogens is 410 g/mol. The number of carbonyl (C=O) groups is 2. The predicted octanol–water partition coefficient (Wildman–Crippen LogP) is 1.32. The fourth-order valence-electron chi connectivity index (χ4n) is 3.29. The lowest BCUT2D eigenvalue weighted by atomic mass is 10.3. The van der Waals surface area contributed by atoms with E-state index >= 15 is 0 Å².